The fourth-order valence-corrected chi connectivity index (χ4v) is 2.84. The lowest BCUT2D eigenvalue weighted by Crippen LogP contribution is -2.37. The predicted octanol–water partition coefficient (Wildman–Crippen LogP) is -0.185. The molecule has 1 heterocycles. The monoisotopic (exact) mass is 313 g/mol. The summed E-state index contributed by atoms with van der Waals surface area (Å²) >= 11 is 0. The Bertz CT molecular complexity index is 645. The van der Waals surface area contributed by atoms with Crippen molar-refractivity contribution in [2.45, 2.75) is 17.9 Å². The van der Waals surface area contributed by atoms with E-state index in [-0.39, 0.29) is 23.5 Å². The number of ether oxygens (including phenoxy) is 1. The number of amides is 1. The zero-order valence-electron chi connectivity index (χ0n) is 11.9. The second kappa shape index (κ2) is 6.10. The summed E-state index contributed by atoms with van der Waals surface area (Å²) in [4.78, 5) is 12.3. The summed E-state index contributed by atoms with van der Waals surface area (Å²) < 4.78 is 31.0. The van der Waals surface area contributed by atoms with Crippen LogP contribution in [0, 0.1) is 12.8 Å². The third-order valence-electron chi connectivity index (χ3n) is 3.51. The first-order valence-electron chi connectivity index (χ1n) is 6.53. The lowest BCUT2D eigenvalue weighted by atomic mass is 10.0. The van der Waals surface area contributed by atoms with Gasteiger partial charge in [-0.05, 0) is 31.7 Å². The van der Waals surface area contributed by atoms with Gasteiger partial charge in [-0.15, -0.1) is 0 Å². The number of aryl methyl sites for hydroxylation is 1. The van der Waals surface area contributed by atoms with Crippen LogP contribution in [0.25, 0.3) is 0 Å². The van der Waals surface area contributed by atoms with Gasteiger partial charge in [0.25, 0.3) is 0 Å². The van der Waals surface area contributed by atoms with Crippen LogP contribution in [0.5, 0.6) is 0 Å². The minimum absolute atomic E-state index is 0.0953. The van der Waals surface area contributed by atoms with Crippen LogP contribution in [-0.4, -0.2) is 40.6 Å². The molecule has 2 unspecified atom stereocenters. The van der Waals surface area contributed by atoms with Gasteiger partial charge >= 0.3 is 0 Å². The standard InChI is InChI=1S/C13H19N3O4S/c1-8-3-4-9(21(18,19)15-2)5-12(8)16-13(17)10-6-20-7-11(10)14/h3-5,10-11,15H,6-7,14H2,1-2H3,(H,16,17). The first-order valence-corrected chi connectivity index (χ1v) is 8.02. The van der Waals surface area contributed by atoms with Crippen LogP contribution in [0.4, 0.5) is 5.69 Å². The molecule has 1 saturated heterocycles. The van der Waals surface area contributed by atoms with Gasteiger partial charge in [0.1, 0.15) is 0 Å². The largest absolute Gasteiger partial charge is 0.379 e. The number of carbonyl (C=O) groups is 1. The van der Waals surface area contributed by atoms with Crippen molar-refractivity contribution in [3.8, 4) is 0 Å². The highest BCUT2D eigenvalue weighted by Gasteiger charge is 2.31. The number of nitrogens with two attached hydrogens (primary N) is 1. The maximum absolute atomic E-state index is 12.2. The maximum atomic E-state index is 12.2. The van der Waals surface area contributed by atoms with E-state index in [1.54, 1.807) is 13.0 Å². The van der Waals surface area contributed by atoms with Gasteiger partial charge in [-0.3, -0.25) is 4.79 Å². The van der Waals surface area contributed by atoms with Gasteiger partial charge in [0.15, 0.2) is 0 Å². The zero-order chi connectivity index (χ0) is 15.6. The molecule has 1 fully saturated rings. The van der Waals surface area contributed by atoms with Crippen LogP contribution >= 0.6 is 0 Å². The Balaban J connectivity index is 2.23. The smallest absolute Gasteiger partial charge is 0.240 e. The molecule has 7 nitrogen and oxygen atoms in total. The molecule has 1 amide bonds. The molecular weight excluding hydrogens is 294 g/mol. The van der Waals surface area contributed by atoms with E-state index >= 15 is 0 Å². The zero-order valence-corrected chi connectivity index (χ0v) is 12.7. The molecule has 1 aliphatic heterocycles. The van der Waals surface area contributed by atoms with Crippen molar-refractivity contribution in [1.29, 1.82) is 0 Å². The number of benzene rings is 1. The number of rotatable bonds is 4. The van der Waals surface area contributed by atoms with Gasteiger partial charge in [-0.1, -0.05) is 6.07 Å². The number of anilines is 1. The predicted molar refractivity (Wildman–Crippen MR) is 78.3 cm³/mol. The molecule has 4 N–H and O–H groups in total. The Labute approximate surface area is 123 Å². The normalized spacial score (nSPS) is 22.2. The van der Waals surface area contributed by atoms with E-state index in [0.29, 0.717) is 12.3 Å². The molecule has 0 aliphatic carbocycles. The molecule has 8 heteroatoms. The summed E-state index contributed by atoms with van der Waals surface area (Å²) in [7, 11) is -2.22. The molecule has 0 saturated carbocycles. The van der Waals surface area contributed by atoms with Crippen molar-refractivity contribution in [3.63, 3.8) is 0 Å². The van der Waals surface area contributed by atoms with Crippen LogP contribution < -0.4 is 15.8 Å². The van der Waals surface area contributed by atoms with E-state index in [0.717, 1.165) is 5.56 Å². The van der Waals surface area contributed by atoms with Crippen molar-refractivity contribution in [1.82, 2.24) is 4.72 Å². The number of hydrogen-bond acceptors (Lipinski definition) is 5. The molecule has 2 atom stereocenters. The number of nitrogens with one attached hydrogen (secondary N) is 2. The molecule has 0 radical (unpaired) electrons. The van der Waals surface area contributed by atoms with Crippen molar-refractivity contribution in [2.24, 2.45) is 11.7 Å². The molecule has 1 aromatic carbocycles. The molecule has 0 spiro atoms. The summed E-state index contributed by atoms with van der Waals surface area (Å²) in [5.74, 6) is -0.684. The first kappa shape index (κ1) is 15.9. The third kappa shape index (κ3) is 3.41. The molecule has 1 aromatic rings. The minimum atomic E-state index is -3.55. The molecular formula is C13H19N3O4S. The van der Waals surface area contributed by atoms with Gasteiger partial charge in [-0.2, -0.15) is 0 Å². The van der Waals surface area contributed by atoms with Crippen LogP contribution in [0.1, 0.15) is 5.56 Å². The van der Waals surface area contributed by atoms with E-state index in [2.05, 4.69) is 10.0 Å². The van der Waals surface area contributed by atoms with E-state index in [4.69, 9.17) is 10.5 Å². The van der Waals surface area contributed by atoms with Crippen molar-refractivity contribution in [2.75, 3.05) is 25.6 Å². The van der Waals surface area contributed by atoms with Crippen LogP contribution in [0.3, 0.4) is 0 Å². The quantitative estimate of drug-likeness (QED) is 0.714. The van der Waals surface area contributed by atoms with E-state index < -0.39 is 15.9 Å². The van der Waals surface area contributed by atoms with Crippen LogP contribution in [0.15, 0.2) is 23.1 Å². The second-order valence-corrected chi connectivity index (χ2v) is 6.87. The lowest BCUT2D eigenvalue weighted by molar-refractivity contribution is -0.120. The lowest BCUT2D eigenvalue weighted by Gasteiger charge is -2.15. The number of hydrogen-bond donors (Lipinski definition) is 3. The van der Waals surface area contributed by atoms with Crippen LogP contribution in [0.2, 0.25) is 0 Å². The Kier molecular flexibility index (Phi) is 4.62. The van der Waals surface area contributed by atoms with Crippen molar-refractivity contribution >= 4 is 21.6 Å². The summed E-state index contributed by atoms with van der Waals surface area (Å²) in [5.41, 5.74) is 7.02. The minimum Gasteiger partial charge on any atom is -0.379 e. The summed E-state index contributed by atoms with van der Waals surface area (Å²) in [6.07, 6.45) is 0. The Morgan fingerprint density at radius 3 is 2.67 bits per heavy atom. The summed E-state index contributed by atoms with van der Waals surface area (Å²) in [6.45, 7) is 2.42. The fraction of sp³-hybridized carbons (Fsp3) is 0.462. The highest BCUT2D eigenvalue weighted by molar-refractivity contribution is 7.89. The molecule has 21 heavy (non-hydrogen) atoms. The highest BCUT2D eigenvalue weighted by atomic mass is 32.2. The third-order valence-corrected chi connectivity index (χ3v) is 4.92. The molecule has 1 aliphatic rings. The Hall–Kier alpha value is -1.48. The average Bonchev–Trinajstić information content (AvgIpc) is 2.87. The van der Waals surface area contributed by atoms with Crippen LogP contribution in [-0.2, 0) is 19.6 Å². The van der Waals surface area contributed by atoms with E-state index in [1.165, 1.54) is 19.2 Å². The average molecular weight is 313 g/mol. The Morgan fingerprint density at radius 2 is 2.10 bits per heavy atom. The first-order chi connectivity index (χ1) is 9.85. The van der Waals surface area contributed by atoms with Crippen molar-refractivity contribution in [3.05, 3.63) is 23.8 Å². The summed E-state index contributed by atoms with van der Waals surface area (Å²) in [6, 6.07) is 4.22. The fourth-order valence-electron chi connectivity index (χ4n) is 2.09. The molecule has 116 valence electrons. The van der Waals surface area contributed by atoms with Crippen molar-refractivity contribution < 1.29 is 17.9 Å². The topological polar surface area (TPSA) is 111 Å². The molecule has 0 aromatic heterocycles. The van der Waals surface area contributed by atoms with Gasteiger partial charge in [0.2, 0.25) is 15.9 Å². The number of sulfonamides is 1. The molecule has 2 rings (SSSR count). The van der Waals surface area contributed by atoms with Gasteiger partial charge < -0.3 is 15.8 Å². The van der Waals surface area contributed by atoms with Gasteiger partial charge in [0, 0.05) is 11.7 Å². The van der Waals surface area contributed by atoms with E-state index in [9.17, 15) is 13.2 Å². The second-order valence-electron chi connectivity index (χ2n) is 4.98. The van der Waals surface area contributed by atoms with Gasteiger partial charge in [-0.25, -0.2) is 13.1 Å². The van der Waals surface area contributed by atoms with Gasteiger partial charge in [0.05, 0.1) is 24.0 Å². The molecule has 0 bridgehead atoms. The highest BCUT2D eigenvalue weighted by Crippen LogP contribution is 2.22. The maximum Gasteiger partial charge on any atom is 0.240 e. The summed E-state index contributed by atoms with van der Waals surface area (Å²) in [5, 5.41) is 2.73. The number of carbonyl (C=O) groups excluding carboxylic acids is 1. The Morgan fingerprint density at radius 1 is 1.38 bits per heavy atom. The van der Waals surface area contributed by atoms with E-state index in [1.807, 2.05) is 0 Å². The SMILES string of the molecule is CNS(=O)(=O)c1ccc(C)c(NC(=O)C2COCC2N)c1.